The zero-order valence-electron chi connectivity index (χ0n) is 10.2. The number of amides is 1. The molecule has 1 rings (SSSR count). The smallest absolute Gasteiger partial charge is 0.224 e. The first-order valence-corrected chi connectivity index (χ1v) is 6.02. The van der Waals surface area contributed by atoms with Crippen molar-refractivity contribution in [2.45, 2.75) is 39.0 Å². The van der Waals surface area contributed by atoms with E-state index in [2.05, 4.69) is 12.2 Å². The molecule has 0 saturated carbocycles. The van der Waals surface area contributed by atoms with Gasteiger partial charge in [0.1, 0.15) is 5.75 Å². The van der Waals surface area contributed by atoms with E-state index in [4.69, 9.17) is 5.73 Å². The number of benzene rings is 1. The number of nitrogens with two attached hydrogens (primary N) is 1. The number of hydrogen-bond acceptors (Lipinski definition) is 3. The SMILES string of the molecule is CCCCCCC(=O)Nc1ccc(O)cc1N. The first-order chi connectivity index (χ1) is 8.13. The molecule has 4 heteroatoms. The predicted octanol–water partition coefficient (Wildman–Crippen LogP) is 2.88. The molecule has 0 heterocycles. The second kappa shape index (κ2) is 6.78. The molecule has 0 unspecified atom stereocenters. The first kappa shape index (κ1) is 13.4. The van der Waals surface area contributed by atoms with Gasteiger partial charge < -0.3 is 16.2 Å². The predicted molar refractivity (Wildman–Crippen MR) is 69.9 cm³/mol. The Bertz CT molecular complexity index is 378. The van der Waals surface area contributed by atoms with E-state index in [1.54, 1.807) is 6.07 Å². The number of unbranched alkanes of at least 4 members (excludes halogenated alkanes) is 3. The van der Waals surface area contributed by atoms with Crippen molar-refractivity contribution in [1.29, 1.82) is 0 Å². The molecular weight excluding hydrogens is 216 g/mol. The Labute approximate surface area is 102 Å². The largest absolute Gasteiger partial charge is 0.508 e. The molecule has 1 aromatic rings. The molecule has 0 aliphatic rings. The number of anilines is 2. The van der Waals surface area contributed by atoms with E-state index in [0.717, 1.165) is 25.7 Å². The number of phenols is 1. The van der Waals surface area contributed by atoms with Gasteiger partial charge in [-0.25, -0.2) is 0 Å². The van der Waals surface area contributed by atoms with Crippen LogP contribution in [0.1, 0.15) is 39.0 Å². The van der Waals surface area contributed by atoms with Gasteiger partial charge in [0.15, 0.2) is 0 Å². The van der Waals surface area contributed by atoms with Crippen molar-refractivity contribution in [1.82, 2.24) is 0 Å². The van der Waals surface area contributed by atoms with Crippen molar-refractivity contribution < 1.29 is 9.90 Å². The molecule has 0 aliphatic heterocycles. The van der Waals surface area contributed by atoms with Crippen LogP contribution in [-0.4, -0.2) is 11.0 Å². The van der Waals surface area contributed by atoms with Crippen LogP contribution in [0.3, 0.4) is 0 Å². The Morgan fingerprint density at radius 3 is 2.76 bits per heavy atom. The number of nitrogen functional groups attached to an aromatic ring is 1. The van der Waals surface area contributed by atoms with E-state index >= 15 is 0 Å². The molecule has 0 atom stereocenters. The lowest BCUT2D eigenvalue weighted by molar-refractivity contribution is -0.116. The summed E-state index contributed by atoms with van der Waals surface area (Å²) in [5, 5.41) is 11.9. The summed E-state index contributed by atoms with van der Waals surface area (Å²) in [6.07, 6.45) is 4.81. The number of carbonyl (C=O) groups is 1. The third-order valence-electron chi connectivity index (χ3n) is 2.57. The van der Waals surface area contributed by atoms with Crippen LogP contribution in [0.5, 0.6) is 5.75 Å². The molecule has 0 aromatic heterocycles. The fraction of sp³-hybridized carbons (Fsp3) is 0.462. The highest BCUT2D eigenvalue weighted by atomic mass is 16.3. The van der Waals surface area contributed by atoms with Crippen LogP contribution in [-0.2, 0) is 4.79 Å². The van der Waals surface area contributed by atoms with Gasteiger partial charge in [-0.05, 0) is 18.6 Å². The normalized spacial score (nSPS) is 10.2. The van der Waals surface area contributed by atoms with Crippen LogP contribution in [0.4, 0.5) is 11.4 Å². The number of carbonyl (C=O) groups excluding carboxylic acids is 1. The zero-order chi connectivity index (χ0) is 12.7. The Hall–Kier alpha value is -1.71. The molecule has 4 nitrogen and oxygen atoms in total. The highest BCUT2D eigenvalue weighted by Gasteiger charge is 2.05. The summed E-state index contributed by atoms with van der Waals surface area (Å²) in [6.45, 7) is 2.14. The van der Waals surface area contributed by atoms with Crippen LogP contribution in [0.25, 0.3) is 0 Å². The standard InChI is InChI=1S/C13H20N2O2/c1-2-3-4-5-6-13(17)15-12-8-7-10(16)9-11(12)14/h7-9,16H,2-6,14H2,1H3,(H,15,17). The van der Waals surface area contributed by atoms with E-state index in [9.17, 15) is 9.90 Å². The summed E-state index contributed by atoms with van der Waals surface area (Å²) in [5.74, 6) is 0.0712. The molecule has 0 spiro atoms. The van der Waals surface area contributed by atoms with Crippen molar-refractivity contribution in [2.75, 3.05) is 11.1 Å². The topological polar surface area (TPSA) is 75.3 Å². The summed E-state index contributed by atoms with van der Waals surface area (Å²) in [6, 6.07) is 4.53. The third-order valence-corrected chi connectivity index (χ3v) is 2.57. The molecule has 1 amide bonds. The molecular formula is C13H20N2O2. The Morgan fingerprint density at radius 1 is 1.35 bits per heavy atom. The molecule has 0 fully saturated rings. The maximum Gasteiger partial charge on any atom is 0.224 e. The molecule has 17 heavy (non-hydrogen) atoms. The Morgan fingerprint density at radius 2 is 2.12 bits per heavy atom. The van der Waals surface area contributed by atoms with Crippen molar-refractivity contribution in [3.63, 3.8) is 0 Å². The van der Waals surface area contributed by atoms with Gasteiger partial charge in [-0.3, -0.25) is 4.79 Å². The lowest BCUT2D eigenvalue weighted by Crippen LogP contribution is -2.12. The van der Waals surface area contributed by atoms with E-state index < -0.39 is 0 Å². The minimum atomic E-state index is -0.0292. The van der Waals surface area contributed by atoms with Crippen molar-refractivity contribution >= 4 is 17.3 Å². The second-order valence-corrected chi connectivity index (χ2v) is 4.13. The minimum absolute atomic E-state index is 0.0292. The van der Waals surface area contributed by atoms with Crippen LogP contribution in [0, 0.1) is 0 Å². The molecule has 0 aliphatic carbocycles. The average molecular weight is 236 g/mol. The molecule has 94 valence electrons. The van der Waals surface area contributed by atoms with E-state index in [0.29, 0.717) is 17.8 Å². The molecule has 1 aromatic carbocycles. The summed E-state index contributed by atoms with van der Waals surface area (Å²) < 4.78 is 0. The molecule has 4 N–H and O–H groups in total. The average Bonchev–Trinajstić information content (AvgIpc) is 2.28. The molecule has 0 bridgehead atoms. The van der Waals surface area contributed by atoms with Crippen molar-refractivity contribution in [3.05, 3.63) is 18.2 Å². The molecule has 0 radical (unpaired) electrons. The Kier molecular flexibility index (Phi) is 5.33. The van der Waals surface area contributed by atoms with Gasteiger partial charge in [0.05, 0.1) is 11.4 Å². The Balaban J connectivity index is 2.40. The van der Waals surface area contributed by atoms with E-state index in [-0.39, 0.29) is 11.7 Å². The van der Waals surface area contributed by atoms with E-state index in [1.165, 1.54) is 12.1 Å². The number of aromatic hydroxyl groups is 1. The summed E-state index contributed by atoms with van der Waals surface area (Å²) in [5.41, 5.74) is 6.61. The van der Waals surface area contributed by atoms with Crippen LogP contribution in [0.15, 0.2) is 18.2 Å². The van der Waals surface area contributed by atoms with Gasteiger partial charge in [0.25, 0.3) is 0 Å². The van der Waals surface area contributed by atoms with E-state index in [1.807, 2.05) is 0 Å². The second-order valence-electron chi connectivity index (χ2n) is 4.13. The number of phenolic OH excluding ortho intramolecular Hbond substituents is 1. The van der Waals surface area contributed by atoms with Gasteiger partial charge >= 0.3 is 0 Å². The summed E-state index contributed by atoms with van der Waals surface area (Å²) in [4.78, 5) is 11.6. The fourth-order valence-corrected chi connectivity index (χ4v) is 1.59. The zero-order valence-corrected chi connectivity index (χ0v) is 10.2. The highest BCUT2D eigenvalue weighted by Crippen LogP contribution is 2.23. The van der Waals surface area contributed by atoms with Gasteiger partial charge in [-0.15, -0.1) is 0 Å². The lowest BCUT2D eigenvalue weighted by Gasteiger charge is -2.08. The van der Waals surface area contributed by atoms with Crippen LogP contribution in [0.2, 0.25) is 0 Å². The minimum Gasteiger partial charge on any atom is -0.508 e. The fourth-order valence-electron chi connectivity index (χ4n) is 1.59. The summed E-state index contributed by atoms with van der Waals surface area (Å²) >= 11 is 0. The van der Waals surface area contributed by atoms with Gasteiger partial charge in [-0.2, -0.15) is 0 Å². The number of hydrogen-bond donors (Lipinski definition) is 3. The maximum absolute atomic E-state index is 11.6. The lowest BCUT2D eigenvalue weighted by atomic mass is 10.1. The van der Waals surface area contributed by atoms with Crippen molar-refractivity contribution in [2.24, 2.45) is 0 Å². The summed E-state index contributed by atoms with van der Waals surface area (Å²) in [7, 11) is 0. The van der Waals surface area contributed by atoms with Crippen LogP contribution >= 0.6 is 0 Å². The van der Waals surface area contributed by atoms with Gasteiger partial charge in [-0.1, -0.05) is 26.2 Å². The maximum atomic E-state index is 11.6. The number of nitrogens with one attached hydrogen (secondary N) is 1. The third kappa shape index (κ3) is 4.76. The number of rotatable bonds is 6. The molecule has 0 saturated heterocycles. The first-order valence-electron chi connectivity index (χ1n) is 6.02. The van der Waals surface area contributed by atoms with Crippen molar-refractivity contribution in [3.8, 4) is 5.75 Å². The van der Waals surface area contributed by atoms with Crippen LogP contribution < -0.4 is 11.1 Å². The highest BCUT2D eigenvalue weighted by molar-refractivity contribution is 5.93. The monoisotopic (exact) mass is 236 g/mol. The van der Waals surface area contributed by atoms with Gasteiger partial charge in [0.2, 0.25) is 5.91 Å². The quantitative estimate of drug-likeness (QED) is 0.404. The van der Waals surface area contributed by atoms with Gasteiger partial charge in [0, 0.05) is 12.5 Å².